The predicted octanol–water partition coefficient (Wildman–Crippen LogP) is 4.26. The molecular weight excluding hydrogens is 406 g/mol. The highest BCUT2D eigenvalue weighted by Crippen LogP contribution is 2.28. The number of ether oxygens (including phenoxy) is 1. The lowest BCUT2D eigenvalue weighted by atomic mass is 10.1. The molecule has 8 heteroatoms. The smallest absolute Gasteiger partial charge is 0.323 e. The molecule has 6 nitrogen and oxygen atoms in total. The van der Waals surface area contributed by atoms with Crippen molar-refractivity contribution in [2.24, 2.45) is 0 Å². The average Bonchev–Trinajstić information content (AvgIpc) is 3.31. The van der Waals surface area contributed by atoms with Crippen molar-refractivity contribution in [2.75, 3.05) is 12.4 Å². The Bertz CT molecular complexity index is 1030. The summed E-state index contributed by atoms with van der Waals surface area (Å²) in [5.41, 5.74) is 4.07. The van der Waals surface area contributed by atoms with Gasteiger partial charge in [-0.25, -0.2) is 9.97 Å². The molecule has 1 atom stereocenters. The molecule has 2 heterocycles. The van der Waals surface area contributed by atoms with Gasteiger partial charge in [-0.1, -0.05) is 23.9 Å². The molecule has 1 aromatic carbocycles. The summed E-state index contributed by atoms with van der Waals surface area (Å²) in [6.07, 6.45) is 3.59. The Balaban J connectivity index is 1.80. The number of thiazole rings is 1. The van der Waals surface area contributed by atoms with Crippen LogP contribution in [0.2, 0.25) is 0 Å². The standard InChI is InChI=1S/C21H23N3O3S2/c1-5-27-20(26)18(19-23-15(4)11-28-19)17(25)12-29-21-22-8-9-24(21)16-10-13(2)6-7-14(16)3/h6-11,18H,5,12H2,1-4H3. The van der Waals surface area contributed by atoms with Crippen LogP contribution in [-0.4, -0.2) is 38.6 Å². The first kappa shape index (κ1) is 21.3. The van der Waals surface area contributed by atoms with E-state index in [0.29, 0.717) is 10.2 Å². The molecule has 1 unspecified atom stereocenters. The summed E-state index contributed by atoms with van der Waals surface area (Å²) in [7, 11) is 0. The molecule has 2 aromatic heterocycles. The number of esters is 1. The fraction of sp³-hybridized carbons (Fsp3) is 0.333. The van der Waals surface area contributed by atoms with Crippen LogP contribution in [0.5, 0.6) is 0 Å². The Labute approximate surface area is 178 Å². The molecule has 0 aliphatic carbocycles. The summed E-state index contributed by atoms with van der Waals surface area (Å²) >= 11 is 2.61. The first-order chi connectivity index (χ1) is 13.9. The number of aromatic nitrogens is 3. The molecule has 0 N–H and O–H groups in total. The molecule has 0 saturated heterocycles. The fourth-order valence-corrected chi connectivity index (χ4v) is 4.65. The molecule has 0 amide bonds. The maximum atomic E-state index is 12.9. The highest BCUT2D eigenvalue weighted by atomic mass is 32.2. The van der Waals surface area contributed by atoms with Crippen LogP contribution in [0.4, 0.5) is 0 Å². The average molecular weight is 430 g/mol. The minimum absolute atomic E-state index is 0.101. The van der Waals surface area contributed by atoms with Gasteiger partial charge in [0.15, 0.2) is 16.9 Å². The minimum atomic E-state index is -0.995. The number of carbonyl (C=O) groups is 2. The van der Waals surface area contributed by atoms with Crippen LogP contribution < -0.4 is 0 Å². The molecule has 0 radical (unpaired) electrons. The van der Waals surface area contributed by atoms with Gasteiger partial charge in [-0.15, -0.1) is 11.3 Å². The van der Waals surface area contributed by atoms with E-state index in [1.165, 1.54) is 23.1 Å². The number of nitrogens with zero attached hydrogens (tertiary/aromatic N) is 3. The van der Waals surface area contributed by atoms with E-state index < -0.39 is 11.9 Å². The summed E-state index contributed by atoms with van der Waals surface area (Å²) < 4.78 is 7.09. The number of ketones is 1. The lowest BCUT2D eigenvalue weighted by Gasteiger charge is -2.13. The fourth-order valence-electron chi connectivity index (χ4n) is 2.88. The zero-order valence-electron chi connectivity index (χ0n) is 16.8. The molecule has 0 aliphatic rings. The molecule has 0 saturated carbocycles. The number of hydrogen-bond acceptors (Lipinski definition) is 7. The first-order valence-corrected chi connectivity index (χ1v) is 11.1. The van der Waals surface area contributed by atoms with Gasteiger partial charge in [-0.3, -0.25) is 14.2 Å². The van der Waals surface area contributed by atoms with Gasteiger partial charge in [-0.2, -0.15) is 0 Å². The quantitative estimate of drug-likeness (QED) is 0.303. The maximum Gasteiger partial charge on any atom is 0.323 e. The molecule has 3 rings (SSSR count). The van der Waals surface area contributed by atoms with E-state index in [4.69, 9.17) is 4.74 Å². The van der Waals surface area contributed by atoms with Crippen LogP contribution in [0.1, 0.15) is 34.7 Å². The molecule has 152 valence electrons. The Kier molecular flexibility index (Phi) is 6.87. The van der Waals surface area contributed by atoms with Crippen molar-refractivity contribution in [1.82, 2.24) is 14.5 Å². The number of imidazole rings is 1. The number of Topliss-reactive ketones (excluding diaryl/α,β-unsaturated/α-hetero) is 1. The van der Waals surface area contributed by atoms with Crippen LogP contribution in [0.15, 0.2) is 41.1 Å². The Morgan fingerprint density at radius 2 is 2.07 bits per heavy atom. The van der Waals surface area contributed by atoms with E-state index in [2.05, 4.69) is 28.2 Å². The summed E-state index contributed by atoms with van der Waals surface area (Å²) in [5.74, 6) is -1.68. The van der Waals surface area contributed by atoms with Crippen molar-refractivity contribution in [3.05, 3.63) is 57.8 Å². The number of thioether (sulfide) groups is 1. The van der Waals surface area contributed by atoms with Gasteiger partial charge >= 0.3 is 5.97 Å². The zero-order chi connectivity index (χ0) is 21.0. The van der Waals surface area contributed by atoms with Crippen molar-refractivity contribution in [1.29, 1.82) is 0 Å². The van der Waals surface area contributed by atoms with Crippen molar-refractivity contribution in [3.63, 3.8) is 0 Å². The minimum Gasteiger partial charge on any atom is -0.465 e. The topological polar surface area (TPSA) is 74.1 Å². The molecule has 0 fully saturated rings. The van der Waals surface area contributed by atoms with E-state index in [1.807, 2.05) is 36.9 Å². The van der Waals surface area contributed by atoms with Gasteiger partial charge < -0.3 is 4.74 Å². The number of benzene rings is 1. The molecule has 0 aliphatic heterocycles. The van der Waals surface area contributed by atoms with Gasteiger partial charge in [0, 0.05) is 23.5 Å². The SMILES string of the molecule is CCOC(=O)C(C(=O)CSc1nccn1-c1cc(C)ccc1C)c1nc(C)cs1. The van der Waals surface area contributed by atoms with Crippen molar-refractivity contribution in [3.8, 4) is 5.69 Å². The van der Waals surface area contributed by atoms with Gasteiger partial charge in [-0.05, 0) is 44.9 Å². The lowest BCUT2D eigenvalue weighted by molar-refractivity contribution is -0.147. The predicted molar refractivity (Wildman–Crippen MR) is 115 cm³/mol. The molecule has 0 spiro atoms. The van der Waals surface area contributed by atoms with E-state index in [0.717, 1.165) is 22.5 Å². The van der Waals surface area contributed by atoms with Crippen LogP contribution in [0, 0.1) is 20.8 Å². The van der Waals surface area contributed by atoms with E-state index in [9.17, 15) is 9.59 Å². The van der Waals surface area contributed by atoms with E-state index >= 15 is 0 Å². The Morgan fingerprint density at radius 3 is 2.76 bits per heavy atom. The highest BCUT2D eigenvalue weighted by Gasteiger charge is 2.32. The summed E-state index contributed by atoms with van der Waals surface area (Å²) in [4.78, 5) is 34.1. The number of rotatable bonds is 8. The number of carbonyl (C=O) groups excluding carboxylic acids is 2. The van der Waals surface area contributed by atoms with Gasteiger partial charge in [0.25, 0.3) is 0 Å². The first-order valence-electron chi connectivity index (χ1n) is 9.25. The molecule has 0 bridgehead atoms. The Morgan fingerprint density at radius 1 is 1.28 bits per heavy atom. The molecule has 29 heavy (non-hydrogen) atoms. The van der Waals surface area contributed by atoms with Crippen molar-refractivity contribution < 1.29 is 14.3 Å². The van der Waals surface area contributed by atoms with Crippen LogP contribution >= 0.6 is 23.1 Å². The lowest BCUT2D eigenvalue weighted by Crippen LogP contribution is -2.25. The van der Waals surface area contributed by atoms with Crippen LogP contribution in [0.3, 0.4) is 0 Å². The largest absolute Gasteiger partial charge is 0.465 e. The summed E-state index contributed by atoms with van der Waals surface area (Å²) in [6.45, 7) is 7.86. The third-order valence-corrected chi connectivity index (χ3v) is 6.32. The van der Waals surface area contributed by atoms with Gasteiger partial charge in [0.05, 0.1) is 18.0 Å². The zero-order valence-corrected chi connectivity index (χ0v) is 18.5. The monoisotopic (exact) mass is 429 g/mol. The third kappa shape index (κ3) is 4.94. The summed E-state index contributed by atoms with van der Waals surface area (Å²) in [6, 6.07) is 6.21. The second-order valence-corrected chi connectivity index (χ2v) is 8.47. The van der Waals surface area contributed by atoms with Gasteiger partial charge in [0.2, 0.25) is 0 Å². The number of hydrogen-bond donors (Lipinski definition) is 0. The maximum absolute atomic E-state index is 12.9. The van der Waals surface area contributed by atoms with Crippen LogP contribution in [-0.2, 0) is 14.3 Å². The van der Waals surface area contributed by atoms with E-state index in [1.54, 1.807) is 13.1 Å². The second-order valence-electron chi connectivity index (χ2n) is 6.64. The Hall–Kier alpha value is -2.45. The highest BCUT2D eigenvalue weighted by molar-refractivity contribution is 7.99. The van der Waals surface area contributed by atoms with Crippen LogP contribution in [0.25, 0.3) is 5.69 Å². The second kappa shape index (κ2) is 9.37. The van der Waals surface area contributed by atoms with Gasteiger partial charge in [0.1, 0.15) is 5.01 Å². The van der Waals surface area contributed by atoms with Crippen molar-refractivity contribution in [2.45, 2.75) is 38.8 Å². The number of aryl methyl sites for hydroxylation is 3. The van der Waals surface area contributed by atoms with Crippen molar-refractivity contribution >= 4 is 34.9 Å². The normalized spacial score (nSPS) is 12.0. The summed E-state index contributed by atoms with van der Waals surface area (Å²) in [5, 5.41) is 3.00. The molecular formula is C21H23N3O3S2. The third-order valence-electron chi connectivity index (χ3n) is 4.30. The van der Waals surface area contributed by atoms with E-state index in [-0.39, 0.29) is 18.1 Å². The molecule has 3 aromatic rings.